The molecule has 0 spiro atoms. The molecule has 0 heterocycles. The Labute approximate surface area is 83.7 Å². The van der Waals surface area contributed by atoms with Crippen LogP contribution in [0.25, 0.3) is 0 Å². The summed E-state index contributed by atoms with van der Waals surface area (Å²) in [5.41, 5.74) is 0. The first-order valence-electron chi connectivity index (χ1n) is 5.45. The topological polar surface area (TPSA) is 15.3 Å². The van der Waals surface area contributed by atoms with Gasteiger partial charge in [-0.1, -0.05) is 20.8 Å². The number of nitrogens with zero attached hydrogens (tertiary/aromatic N) is 1. The average Bonchev–Trinajstić information content (AvgIpc) is 2.02. The molecule has 1 unspecified atom stereocenters. The molecule has 0 aliphatic rings. The van der Waals surface area contributed by atoms with Gasteiger partial charge in [-0.3, -0.25) is 0 Å². The molecule has 0 aromatic carbocycles. The molecule has 0 saturated heterocycles. The number of hydrogen-bond donors (Lipinski definition) is 1. The van der Waals surface area contributed by atoms with E-state index in [4.69, 9.17) is 0 Å². The summed E-state index contributed by atoms with van der Waals surface area (Å²) in [4.78, 5) is 2.32. The van der Waals surface area contributed by atoms with Crippen LogP contribution in [0.5, 0.6) is 0 Å². The fourth-order valence-corrected chi connectivity index (χ4v) is 1.47. The van der Waals surface area contributed by atoms with Crippen molar-refractivity contribution in [3.05, 3.63) is 0 Å². The highest BCUT2D eigenvalue weighted by Gasteiger charge is 2.11. The Hall–Kier alpha value is -0.0800. The molecule has 13 heavy (non-hydrogen) atoms. The van der Waals surface area contributed by atoms with Gasteiger partial charge in [0.15, 0.2) is 0 Å². The quantitative estimate of drug-likeness (QED) is 0.612. The minimum Gasteiger partial charge on any atom is -0.315 e. The van der Waals surface area contributed by atoms with Crippen LogP contribution in [0.4, 0.5) is 0 Å². The van der Waals surface area contributed by atoms with E-state index in [2.05, 4.69) is 45.1 Å². The molecule has 1 atom stereocenters. The fraction of sp³-hybridized carbons (Fsp3) is 1.00. The SMILES string of the molecule is CCCNCC(CC(C)C)N(C)C. The van der Waals surface area contributed by atoms with Gasteiger partial charge < -0.3 is 10.2 Å². The molecule has 0 bridgehead atoms. The molecular weight excluding hydrogens is 160 g/mol. The predicted octanol–water partition coefficient (Wildman–Crippen LogP) is 1.96. The second-order valence-electron chi connectivity index (χ2n) is 4.45. The summed E-state index contributed by atoms with van der Waals surface area (Å²) in [5.74, 6) is 0.788. The lowest BCUT2D eigenvalue weighted by molar-refractivity contribution is 0.247. The molecule has 0 rings (SSSR count). The number of hydrogen-bond acceptors (Lipinski definition) is 2. The summed E-state index contributed by atoms with van der Waals surface area (Å²) < 4.78 is 0. The Morgan fingerprint density at radius 1 is 1.23 bits per heavy atom. The van der Waals surface area contributed by atoms with Gasteiger partial charge in [0.05, 0.1) is 0 Å². The van der Waals surface area contributed by atoms with Crippen molar-refractivity contribution in [2.75, 3.05) is 27.2 Å². The van der Waals surface area contributed by atoms with Crippen LogP contribution in [0, 0.1) is 5.92 Å². The van der Waals surface area contributed by atoms with Crippen molar-refractivity contribution >= 4 is 0 Å². The second-order valence-corrected chi connectivity index (χ2v) is 4.45. The zero-order chi connectivity index (χ0) is 10.3. The first-order valence-corrected chi connectivity index (χ1v) is 5.45. The van der Waals surface area contributed by atoms with Crippen molar-refractivity contribution in [2.24, 2.45) is 5.92 Å². The van der Waals surface area contributed by atoms with Crippen LogP contribution in [0.2, 0.25) is 0 Å². The lowest BCUT2D eigenvalue weighted by Gasteiger charge is -2.26. The summed E-state index contributed by atoms with van der Waals surface area (Å²) in [6, 6.07) is 0.687. The van der Waals surface area contributed by atoms with Crippen molar-refractivity contribution in [2.45, 2.75) is 39.7 Å². The van der Waals surface area contributed by atoms with Crippen LogP contribution in [0.15, 0.2) is 0 Å². The van der Waals surface area contributed by atoms with Crippen LogP contribution in [-0.2, 0) is 0 Å². The normalized spacial score (nSPS) is 14.1. The van der Waals surface area contributed by atoms with E-state index in [0.717, 1.165) is 19.0 Å². The van der Waals surface area contributed by atoms with Crippen molar-refractivity contribution in [3.8, 4) is 0 Å². The van der Waals surface area contributed by atoms with Gasteiger partial charge in [0.2, 0.25) is 0 Å². The van der Waals surface area contributed by atoms with Gasteiger partial charge >= 0.3 is 0 Å². The first-order chi connectivity index (χ1) is 6.07. The molecule has 0 saturated carbocycles. The standard InChI is InChI=1S/C11H26N2/c1-6-7-12-9-11(13(4)5)8-10(2)3/h10-12H,6-9H2,1-5H3. The molecule has 0 radical (unpaired) electrons. The van der Waals surface area contributed by atoms with Gasteiger partial charge in [0.1, 0.15) is 0 Å². The molecular formula is C11H26N2. The lowest BCUT2D eigenvalue weighted by Crippen LogP contribution is -2.39. The summed E-state index contributed by atoms with van der Waals surface area (Å²) in [6.45, 7) is 9.05. The number of nitrogens with one attached hydrogen (secondary N) is 1. The second kappa shape index (κ2) is 7.34. The Balaban J connectivity index is 3.67. The molecule has 0 aromatic heterocycles. The number of likely N-dealkylation sites (N-methyl/N-ethyl adjacent to an activating group) is 1. The largest absolute Gasteiger partial charge is 0.315 e. The molecule has 2 heteroatoms. The molecule has 1 N–H and O–H groups in total. The Morgan fingerprint density at radius 3 is 2.23 bits per heavy atom. The Morgan fingerprint density at radius 2 is 1.85 bits per heavy atom. The van der Waals surface area contributed by atoms with Crippen LogP contribution in [-0.4, -0.2) is 38.1 Å². The predicted molar refractivity (Wildman–Crippen MR) is 60.1 cm³/mol. The van der Waals surface area contributed by atoms with Gasteiger partial charge in [-0.25, -0.2) is 0 Å². The van der Waals surface area contributed by atoms with Crippen molar-refractivity contribution in [1.29, 1.82) is 0 Å². The fourth-order valence-electron chi connectivity index (χ4n) is 1.47. The third-order valence-electron chi connectivity index (χ3n) is 2.28. The maximum absolute atomic E-state index is 3.48. The summed E-state index contributed by atoms with van der Waals surface area (Å²) in [6.07, 6.45) is 2.51. The lowest BCUT2D eigenvalue weighted by atomic mass is 10.0. The maximum atomic E-state index is 3.48. The van der Waals surface area contributed by atoms with E-state index in [9.17, 15) is 0 Å². The van der Waals surface area contributed by atoms with Crippen LogP contribution in [0.3, 0.4) is 0 Å². The molecule has 0 aliphatic carbocycles. The molecule has 0 aliphatic heterocycles. The van der Waals surface area contributed by atoms with Gasteiger partial charge in [0.25, 0.3) is 0 Å². The van der Waals surface area contributed by atoms with E-state index in [1.54, 1.807) is 0 Å². The van der Waals surface area contributed by atoms with Crippen LogP contribution < -0.4 is 5.32 Å². The zero-order valence-corrected chi connectivity index (χ0v) is 9.93. The number of rotatable bonds is 7. The smallest absolute Gasteiger partial charge is 0.0216 e. The zero-order valence-electron chi connectivity index (χ0n) is 9.93. The van der Waals surface area contributed by atoms with Crippen molar-refractivity contribution < 1.29 is 0 Å². The highest BCUT2D eigenvalue weighted by atomic mass is 15.1. The van der Waals surface area contributed by atoms with E-state index in [-0.39, 0.29) is 0 Å². The molecule has 0 fully saturated rings. The van der Waals surface area contributed by atoms with E-state index in [0.29, 0.717) is 6.04 Å². The van der Waals surface area contributed by atoms with Gasteiger partial charge in [-0.2, -0.15) is 0 Å². The molecule has 80 valence electrons. The third-order valence-corrected chi connectivity index (χ3v) is 2.28. The maximum Gasteiger partial charge on any atom is 0.0216 e. The van der Waals surface area contributed by atoms with Gasteiger partial charge in [-0.15, -0.1) is 0 Å². The average molecular weight is 186 g/mol. The van der Waals surface area contributed by atoms with E-state index < -0.39 is 0 Å². The van der Waals surface area contributed by atoms with E-state index in [1.165, 1.54) is 12.8 Å². The molecule has 2 nitrogen and oxygen atoms in total. The summed E-state index contributed by atoms with van der Waals surface area (Å²) >= 11 is 0. The van der Waals surface area contributed by atoms with Crippen molar-refractivity contribution in [1.82, 2.24) is 10.2 Å². The van der Waals surface area contributed by atoms with Crippen molar-refractivity contribution in [3.63, 3.8) is 0 Å². The van der Waals surface area contributed by atoms with E-state index >= 15 is 0 Å². The van der Waals surface area contributed by atoms with Gasteiger partial charge in [0, 0.05) is 12.6 Å². The van der Waals surface area contributed by atoms with Crippen LogP contribution in [0.1, 0.15) is 33.6 Å². The molecule has 0 aromatic rings. The van der Waals surface area contributed by atoms with Crippen LogP contribution >= 0.6 is 0 Å². The highest BCUT2D eigenvalue weighted by molar-refractivity contribution is 4.70. The Bertz CT molecular complexity index is 111. The minimum absolute atomic E-state index is 0.687. The van der Waals surface area contributed by atoms with Gasteiger partial charge in [-0.05, 0) is 39.4 Å². The minimum atomic E-state index is 0.687. The summed E-state index contributed by atoms with van der Waals surface area (Å²) in [7, 11) is 4.33. The molecule has 0 amide bonds. The summed E-state index contributed by atoms with van der Waals surface area (Å²) in [5, 5.41) is 3.48. The highest BCUT2D eigenvalue weighted by Crippen LogP contribution is 2.07. The Kier molecular flexibility index (Phi) is 7.29. The third kappa shape index (κ3) is 7.03. The first kappa shape index (κ1) is 12.9. The van der Waals surface area contributed by atoms with E-state index in [1.807, 2.05) is 0 Å². The monoisotopic (exact) mass is 186 g/mol.